The minimum absolute atomic E-state index is 0.495. The molecule has 0 saturated heterocycles. The van der Waals surface area contributed by atoms with Gasteiger partial charge in [-0.05, 0) is 49.2 Å². The van der Waals surface area contributed by atoms with Crippen LogP contribution in [0.4, 0.5) is 0 Å². The van der Waals surface area contributed by atoms with E-state index in [4.69, 9.17) is 16.3 Å². The number of aliphatic hydroxyl groups is 1. The summed E-state index contributed by atoms with van der Waals surface area (Å²) in [6.45, 7) is 3.71. The molecule has 2 rings (SSSR count). The second-order valence-corrected chi connectivity index (χ2v) is 4.69. The van der Waals surface area contributed by atoms with Gasteiger partial charge in [0.15, 0.2) is 0 Å². The van der Waals surface area contributed by atoms with E-state index in [-0.39, 0.29) is 0 Å². The first-order valence-corrected chi connectivity index (χ1v) is 6.16. The van der Waals surface area contributed by atoms with E-state index in [1.807, 2.05) is 37.3 Å². The van der Waals surface area contributed by atoms with Crippen molar-refractivity contribution in [2.45, 2.75) is 20.0 Å². The fourth-order valence-electron chi connectivity index (χ4n) is 1.67. The highest BCUT2D eigenvalue weighted by atomic mass is 35.5. The van der Waals surface area contributed by atoms with Crippen molar-refractivity contribution in [1.82, 2.24) is 0 Å². The minimum atomic E-state index is -0.532. The number of ether oxygens (including phenoxy) is 1. The summed E-state index contributed by atoms with van der Waals surface area (Å²) in [5, 5.41) is 9.96. The lowest BCUT2D eigenvalue weighted by molar-refractivity contribution is 0.199. The third-order valence-electron chi connectivity index (χ3n) is 2.66. The minimum Gasteiger partial charge on any atom is -0.456 e. The highest BCUT2D eigenvalue weighted by Gasteiger charge is 2.07. The molecule has 0 heterocycles. The molecular formula is C15H15ClO2. The molecule has 0 spiro atoms. The molecule has 94 valence electrons. The van der Waals surface area contributed by atoms with Crippen LogP contribution >= 0.6 is 11.6 Å². The first-order valence-electron chi connectivity index (χ1n) is 5.78. The molecule has 18 heavy (non-hydrogen) atoms. The average molecular weight is 263 g/mol. The van der Waals surface area contributed by atoms with E-state index in [2.05, 4.69) is 0 Å². The van der Waals surface area contributed by atoms with Gasteiger partial charge < -0.3 is 9.84 Å². The van der Waals surface area contributed by atoms with Crippen molar-refractivity contribution in [3.05, 3.63) is 58.6 Å². The van der Waals surface area contributed by atoms with Gasteiger partial charge in [0.2, 0.25) is 0 Å². The lowest BCUT2D eigenvalue weighted by Crippen LogP contribution is -1.92. The Balaban J connectivity index is 2.24. The maximum Gasteiger partial charge on any atom is 0.146 e. The number of aryl methyl sites for hydroxylation is 1. The fourth-order valence-corrected chi connectivity index (χ4v) is 1.89. The van der Waals surface area contributed by atoms with Crippen LogP contribution in [0.15, 0.2) is 42.5 Å². The molecule has 1 atom stereocenters. The monoisotopic (exact) mass is 262 g/mol. The van der Waals surface area contributed by atoms with Gasteiger partial charge in [-0.2, -0.15) is 0 Å². The van der Waals surface area contributed by atoms with Crippen LogP contribution in [0.5, 0.6) is 11.5 Å². The van der Waals surface area contributed by atoms with E-state index >= 15 is 0 Å². The predicted molar refractivity (Wildman–Crippen MR) is 73.3 cm³/mol. The Morgan fingerprint density at radius 3 is 2.56 bits per heavy atom. The molecule has 2 aromatic rings. The second-order valence-electron chi connectivity index (χ2n) is 4.28. The van der Waals surface area contributed by atoms with E-state index in [9.17, 15) is 5.11 Å². The van der Waals surface area contributed by atoms with Gasteiger partial charge in [-0.1, -0.05) is 29.8 Å². The second kappa shape index (κ2) is 5.42. The van der Waals surface area contributed by atoms with Crippen LogP contribution in [0.25, 0.3) is 0 Å². The van der Waals surface area contributed by atoms with Gasteiger partial charge in [-0.15, -0.1) is 0 Å². The van der Waals surface area contributed by atoms with Gasteiger partial charge in [0.1, 0.15) is 11.5 Å². The number of halogens is 1. The molecule has 0 amide bonds. The van der Waals surface area contributed by atoms with E-state index in [0.717, 1.165) is 16.9 Å². The van der Waals surface area contributed by atoms with Crippen LogP contribution in [0, 0.1) is 6.92 Å². The molecule has 0 aromatic heterocycles. The highest BCUT2D eigenvalue weighted by Crippen LogP contribution is 2.31. The van der Waals surface area contributed by atoms with Crippen LogP contribution < -0.4 is 4.74 Å². The van der Waals surface area contributed by atoms with Gasteiger partial charge in [-0.25, -0.2) is 0 Å². The number of benzene rings is 2. The smallest absolute Gasteiger partial charge is 0.146 e. The van der Waals surface area contributed by atoms with E-state index in [1.165, 1.54) is 0 Å². The third-order valence-corrected chi connectivity index (χ3v) is 2.95. The first-order chi connectivity index (χ1) is 8.56. The molecule has 0 aliphatic rings. The number of rotatable bonds is 3. The summed E-state index contributed by atoms with van der Waals surface area (Å²) in [4.78, 5) is 0. The third kappa shape index (κ3) is 3.03. The molecule has 0 saturated carbocycles. The number of hydrogen-bond acceptors (Lipinski definition) is 2. The van der Waals surface area contributed by atoms with Crippen LogP contribution in [-0.4, -0.2) is 5.11 Å². The highest BCUT2D eigenvalue weighted by molar-refractivity contribution is 6.32. The lowest BCUT2D eigenvalue weighted by Gasteiger charge is -2.10. The first kappa shape index (κ1) is 12.9. The average Bonchev–Trinajstić information content (AvgIpc) is 2.31. The zero-order chi connectivity index (χ0) is 13.1. The normalized spacial score (nSPS) is 12.2. The van der Waals surface area contributed by atoms with Crippen molar-refractivity contribution < 1.29 is 9.84 Å². The van der Waals surface area contributed by atoms with Crippen molar-refractivity contribution in [2.75, 3.05) is 0 Å². The van der Waals surface area contributed by atoms with Crippen LogP contribution in [0.1, 0.15) is 24.2 Å². The van der Waals surface area contributed by atoms with Crippen molar-refractivity contribution >= 4 is 11.6 Å². The molecule has 0 aliphatic carbocycles. The molecule has 0 fully saturated rings. The van der Waals surface area contributed by atoms with Crippen molar-refractivity contribution in [3.8, 4) is 11.5 Å². The molecule has 0 radical (unpaired) electrons. The van der Waals surface area contributed by atoms with E-state index in [1.54, 1.807) is 19.1 Å². The van der Waals surface area contributed by atoms with Gasteiger partial charge in [0.05, 0.1) is 11.1 Å². The summed E-state index contributed by atoms with van der Waals surface area (Å²) < 4.78 is 5.71. The van der Waals surface area contributed by atoms with Crippen molar-refractivity contribution in [2.24, 2.45) is 0 Å². The van der Waals surface area contributed by atoms with Gasteiger partial charge in [-0.3, -0.25) is 0 Å². The Kier molecular flexibility index (Phi) is 3.90. The Morgan fingerprint density at radius 2 is 1.94 bits per heavy atom. The number of aliphatic hydroxyl groups excluding tert-OH is 1. The molecule has 3 heteroatoms. The van der Waals surface area contributed by atoms with Gasteiger partial charge in [0.25, 0.3) is 0 Å². The molecule has 1 N–H and O–H groups in total. The summed E-state index contributed by atoms with van der Waals surface area (Å²) in [5.74, 6) is 1.34. The van der Waals surface area contributed by atoms with Crippen molar-refractivity contribution in [1.29, 1.82) is 0 Å². The van der Waals surface area contributed by atoms with Crippen LogP contribution in [-0.2, 0) is 0 Å². The quantitative estimate of drug-likeness (QED) is 0.883. The van der Waals surface area contributed by atoms with Crippen LogP contribution in [0.3, 0.4) is 0 Å². The molecular weight excluding hydrogens is 248 g/mol. The topological polar surface area (TPSA) is 29.5 Å². The molecule has 2 nitrogen and oxygen atoms in total. The summed E-state index contributed by atoms with van der Waals surface area (Å²) in [6.07, 6.45) is -0.532. The zero-order valence-corrected chi connectivity index (χ0v) is 11.1. The predicted octanol–water partition coefficient (Wildman–Crippen LogP) is 4.49. The maximum atomic E-state index is 9.47. The van der Waals surface area contributed by atoms with E-state index in [0.29, 0.717) is 10.8 Å². The van der Waals surface area contributed by atoms with Gasteiger partial charge >= 0.3 is 0 Å². The summed E-state index contributed by atoms with van der Waals surface area (Å²) in [5.41, 5.74) is 1.90. The zero-order valence-electron chi connectivity index (χ0n) is 10.4. The molecule has 0 bridgehead atoms. The van der Waals surface area contributed by atoms with Crippen LogP contribution in [0.2, 0.25) is 5.02 Å². The summed E-state index contributed by atoms with van der Waals surface area (Å²) in [7, 11) is 0. The van der Waals surface area contributed by atoms with Crippen molar-refractivity contribution in [3.63, 3.8) is 0 Å². The molecule has 2 aromatic carbocycles. The van der Waals surface area contributed by atoms with E-state index < -0.39 is 6.10 Å². The lowest BCUT2D eigenvalue weighted by atomic mass is 10.1. The Morgan fingerprint density at radius 1 is 1.17 bits per heavy atom. The fraction of sp³-hybridized carbons (Fsp3) is 0.200. The number of hydrogen-bond donors (Lipinski definition) is 1. The Hall–Kier alpha value is -1.51. The summed E-state index contributed by atoms with van der Waals surface area (Å²) >= 11 is 6.13. The SMILES string of the molecule is Cc1cccc(Oc2ccc([C@@H](C)O)cc2Cl)c1. The standard InChI is InChI=1S/C15H15ClO2/c1-10-4-3-5-13(8-10)18-15-7-6-12(11(2)17)9-14(15)16/h3-9,11,17H,1-2H3/t11-/m1/s1. The summed E-state index contributed by atoms with van der Waals surface area (Å²) in [6, 6.07) is 13.1. The maximum absolute atomic E-state index is 9.47. The van der Waals surface area contributed by atoms with Gasteiger partial charge in [0, 0.05) is 0 Å². The molecule has 0 aliphatic heterocycles. The molecule has 0 unspecified atom stereocenters. The Bertz CT molecular complexity index is 550. The largest absolute Gasteiger partial charge is 0.456 e. The Labute approximate surface area is 112 Å².